The van der Waals surface area contributed by atoms with Crippen molar-refractivity contribution in [2.24, 2.45) is 0 Å². The van der Waals surface area contributed by atoms with Crippen molar-refractivity contribution >= 4 is 38.2 Å². The van der Waals surface area contributed by atoms with Gasteiger partial charge in [-0.15, -0.1) is 0 Å². The van der Waals surface area contributed by atoms with Crippen molar-refractivity contribution in [1.29, 1.82) is 0 Å². The van der Waals surface area contributed by atoms with E-state index in [2.05, 4.69) is 9.71 Å². The van der Waals surface area contributed by atoms with Crippen molar-refractivity contribution in [2.45, 2.75) is 4.90 Å². The number of benzene rings is 2. The van der Waals surface area contributed by atoms with Crippen LogP contribution in [-0.2, 0) is 10.0 Å². The summed E-state index contributed by atoms with van der Waals surface area (Å²) in [6, 6.07) is 8.58. The summed E-state index contributed by atoms with van der Waals surface area (Å²) >= 11 is 5.63. The third-order valence-electron chi connectivity index (χ3n) is 3.15. The van der Waals surface area contributed by atoms with Gasteiger partial charge in [-0.25, -0.2) is 17.2 Å². The van der Waals surface area contributed by atoms with Gasteiger partial charge in [0.25, 0.3) is 10.0 Å². The standard InChI is InChI=1S/C15H9ClF2N2O2S/c16-9-3-5-13(12(18)8-9)20-23(21,22)14-6-4-11(17)15-10(14)2-1-7-19-15/h1-8,20H. The van der Waals surface area contributed by atoms with Gasteiger partial charge in [0.1, 0.15) is 17.2 Å². The Balaban J connectivity index is 2.12. The van der Waals surface area contributed by atoms with Gasteiger partial charge in [0.05, 0.1) is 10.6 Å². The second kappa shape index (κ2) is 5.75. The van der Waals surface area contributed by atoms with Crippen molar-refractivity contribution in [3.05, 3.63) is 65.3 Å². The first-order chi connectivity index (χ1) is 10.9. The Morgan fingerprint density at radius 1 is 1.04 bits per heavy atom. The second-order valence-corrected chi connectivity index (χ2v) is 6.76. The zero-order valence-electron chi connectivity index (χ0n) is 11.4. The smallest absolute Gasteiger partial charge is 0.262 e. The van der Waals surface area contributed by atoms with Crippen LogP contribution in [0.3, 0.4) is 0 Å². The van der Waals surface area contributed by atoms with Crippen LogP contribution in [0, 0.1) is 11.6 Å². The van der Waals surface area contributed by atoms with Gasteiger partial charge in [-0.2, -0.15) is 0 Å². The number of sulfonamides is 1. The van der Waals surface area contributed by atoms with E-state index in [4.69, 9.17) is 11.6 Å². The molecule has 3 rings (SSSR count). The van der Waals surface area contributed by atoms with Crippen LogP contribution in [0.2, 0.25) is 5.02 Å². The molecule has 0 bridgehead atoms. The fourth-order valence-corrected chi connectivity index (χ4v) is 3.54. The summed E-state index contributed by atoms with van der Waals surface area (Å²) in [5.41, 5.74) is -0.331. The SMILES string of the molecule is O=S(=O)(Nc1ccc(Cl)cc1F)c1ccc(F)c2ncccc12. The summed E-state index contributed by atoms with van der Waals surface area (Å²) in [6.45, 7) is 0. The van der Waals surface area contributed by atoms with E-state index in [0.29, 0.717) is 0 Å². The average Bonchev–Trinajstić information content (AvgIpc) is 2.50. The minimum atomic E-state index is -4.13. The summed E-state index contributed by atoms with van der Waals surface area (Å²) < 4.78 is 54.7. The Morgan fingerprint density at radius 2 is 1.83 bits per heavy atom. The highest BCUT2D eigenvalue weighted by Crippen LogP contribution is 2.27. The number of halogens is 3. The molecular weight excluding hydrogens is 346 g/mol. The highest BCUT2D eigenvalue weighted by atomic mass is 35.5. The van der Waals surface area contributed by atoms with Gasteiger partial charge < -0.3 is 0 Å². The summed E-state index contributed by atoms with van der Waals surface area (Å²) in [4.78, 5) is 3.63. The highest BCUT2D eigenvalue weighted by molar-refractivity contribution is 7.93. The maximum Gasteiger partial charge on any atom is 0.262 e. The van der Waals surface area contributed by atoms with Crippen molar-refractivity contribution in [3.63, 3.8) is 0 Å². The maximum absolute atomic E-state index is 13.8. The first-order valence-electron chi connectivity index (χ1n) is 6.39. The van der Waals surface area contributed by atoms with Crippen LogP contribution >= 0.6 is 11.6 Å². The van der Waals surface area contributed by atoms with Crippen molar-refractivity contribution in [2.75, 3.05) is 4.72 Å². The van der Waals surface area contributed by atoms with Crippen LogP contribution in [0.5, 0.6) is 0 Å². The number of hydrogen-bond donors (Lipinski definition) is 1. The number of anilines is 1. The molecule has 0 fully saturated rings. The second-order valence-electron chi connectivity index (χ2n) is 4.67. The highest BCUT2D eigenvalue weighted by Gasteiger charge is 2.20. The van der Waals surface area contributed by atoms with E-state index in [0.717, 1.165) is 18.2 Å². The Morgan fingerprint density at radius 3 is 2.57 bits per heavy atom. The Labute approximate surface area is 135 Å². The number of pyridine rings is 1. The molecule has 1 aromatic heterocycles. The van der Waals surface area contributed by atoms with Crippen LogP contribution in [0.15, 0.2) is 53.6 Å². The number of aromatic nitrogens is 1. The van der Waals surface area contributed by atoms with Crippen LogP contribution in [0.25, 0.3) is 10.9 Å². The number of fused-ring (bicyclic) bond motifs is 1. The van der Waals surface area contributed by atoms with E-state index in [9.17, 15) is 17.2 Å². The Hall–Kier alpha value is -2.25. The molecule has 0 aliphatic carbocycles. The third kappa shape index (κ3) is 2.97. The lowest BCUT2D eigenvalue weighted by Crippen LogP contribution is -2.14. The number of nitrogens with one attached hydrogen (secondary N) is 1. The normalized spacial score (nSPS) is 11.6. The van der Waals surface area contributed by atoms with E-state index in [1.165, 1.54) is 30.5 Å². The molecule has 0 spiro atoms. The van der Waals surface area contributed by atoms with E-state index in [-0.39, 0.29) is 26.5 Å². The van der Waals surface area contributed by atoms with Crippen LogP contribution in [-0.4, -0.2) is 13.4 Å². The predicted molar refractivity (Wildman–Crippen MR) is 83.9 cm³/mol. The predicted octanol–water partition coefficient (Wildman–Crippen LogP) is 3.97. The lowest BCUT2D eigenvalue weighted by Gasteiger charge is -2.11. The zero-order chi connectivity index (χ0) is 16.6. The lowest BCUT2D eigenvalue weighted by molar-refractivity contribution is 0.598. The van der Waals surface area contributed by atoms with Gasteiger partial charge in [-0.1, -0.05) is 11.6 Å². The summed E-state index contributed by atoms with van der Waals surface area (Å²) in [5, 5.41) is 0.247. The van der Waals surface area contributed by atoms with Gasteiger partial charge in [0, 0.05) is 16.6 Å². The van der Waals surface area contributed by atoms with E-state index >= 15 is 0 Å². The fraction of sp³-hybridized carbons (Fsp3) is 0. The molecule has 8 heteroatoms. The topological polar surface area (TPSA) is 59.1 Å². The quantitative estimate of drug-likeness (QED) is 0.774. The molecule has 118 valence electrons. The lowest BCUT2D eigenvalue weighted by atomic mass is 10.2. The van der Waals surface area contributed by atoms with Gasteiger partial charge in [-0.05, 0) is 42.5 Å². The summed E-state index contributed by atoms with van der Waals surface area (Å²) in [5.74, 6) is -1.46. The molecule has 0 saturated heterocycles. The molecular formula is C15H9ClF2N2O2S. The average molecular weight is 355 g/mol. The molecule has 0 aliphatic heterocycles. The first-order valence-corrected chi connectivity index (χ1v) is 8.26. The molecule has 0 amide bonds. The molecule has 0 radical (unpaired) electrons. The van der Waals surface area contributed by atoms with Gasteiger partial charge in [0.2, 0.25) is 0 Å². The molecule has 0 unspecified atom stereocenters. The molecule has 23 heavy (non-hydrogen) atoms. The number of nitrogens with zero attached hydrogens (tertiary/aromatic N) is 1. The third-order valence-corrected chi connectivity index (χ3v) is 4.80. The van der Waals surface area contributed by atoms with Gasteiger partial charge in [0.15, 0.2) is 0 Å². The van der Waals surface area contributed by atoms with Crippen molar-refractivity contribution < 1.29 is 17.2 Å². The molecule has 3 aromatic rings. The van der Waals surface area contributed by atoms with E-state index < -0.39 is 21.7 Å². The monoisotopic (exact) mass is 354 g/mol. The molecule has 4 nitrogen and oxygen atoms in total. The minimum absolute atomic E-state index is 0.0769. The Bertz CT molecular complexity index is 1010. The first kappa shape index (κ1) is 15.6. The minimum Gasteiger partial charge on any atom is -0.277 e. The van der Waals surface area contributed by atoms with Crippen molar-refractivity contribution in [1.82, 2.24) is 4.98 Å². The Kier molecular flexibility index (Phi) is 3.91. The zero-order valence-corrected chi connectivity index (χ0v) is 13.0. The largest absolute Gasteiger partial charge is 0.277 e. The van der Waals surface area contributed by atoms with Crippen molar-refractivity contribution in [3.8, 4) is 0 Å². The van der Waals surface area contributed by atoms with Gasteiger partial charge >= 0.3 is 0 Å². The van der Waals surface area contributed by atoms with E-state index in [1.54, 1.807) is 0 Å². The summed E-state index contributed by atoms with van der Waals surface area (Å²) in [6.07, 6.45) is 1.36. The van der Waals surface area contributed by atoms with Crippen LogP contribution in [0.1, 0.15) is 0 Å². The molecule has 0 atom stereocenters. The molecule has 1 N–H and O–H groups in total. The number of hydrogen-bond acceptors (Lipinski definition) is 3. The molecule has 2 aromatic carbocycles. The number of rotatable bonds is 3. The van der Waals surface area contributed by atoms with Crippen LogP contribution in [0.4, 0.5) is 14.5 Å². The molecule has 1 heterocycles. The molecule has 0 aliphatic rings. The van der Waals surface area contributed by atoms with Gasteiger partial charge in [-0.3, -0.25) is 9.71 Å². The van der Waals surface area contributed by atoms with Crippen LogP contribution < -0.4 is 4.72 Å². The maximum atomic E-state index is 13.8. The van der Waals surface area contributed by atoms with E-state index in [1.807, 2.05) is 0 Å². The summed E-state index contributed by atoms with van der Waals surface area (Å²) in [7, 11) is -4.13. The fourth-order valence-electron chi connectivity index (χ4n) is 2.12. The molecule has 0 saturated carbocycles.